The average Bonchev–Trinajstić information content (AvgIpc) is 3.41. The van der Waals surface area contributed by atoms with Crippen molar-refractivity contribution in [2.24, 2.45) is 0 Å². The maximum atomic E-state index is 13.7. The molecule has 1 aliphatic heterocycles. The highest BCUT2D eigenvalue weighted by atomic mass is 32.2. The van der Waals surface area contributed by atoms with Crippen LogP contribution in [0.5, 0.6) is 17.2 Å². The van der Waals surface area contributed by atoms with E-state index >= 15 is 0 Å². The van der Waals surface area contributed by atoms with Crippen LogP contribution in [-0.4, -0.2) is 75.6 Å². The van der Waals surface area contributed by atoms with Gasteiger partial charge in [0.15, 0.2) is 19.0 Å². The van der Waals surface area contributed by atoms with Gasteiger partial charge in [0.1, 0.15) is 22.9 Å². The van der Waals surface area contributed by atoms with Gasteiger partial charge in [-0.25, -0.2) is 22.2 Å². The van der Waals surface area contributed by atoms with Crippen molar-refractivity contribution < 1.29 is 70.0 Å². The minimum absolute atomic E-state index is 0.0219. The lowest BCUT2D eigenvalue weighted by molar-refractivity contribution is -0.154. The van der Waals surface area contributed by atoms with Crippen LogP contribution in [0.4, 0.5) is 32.0 Å². The number of carbonyl (C=O) groups excluding carboxylic acids is 1. The maximum Gasteiger partial charge on any atom is 0.422 e. The Balaban J connectivity index is 1.37. The fourth-order valence-electron chi connectivity index (χ4n) is 5.59. The lowest BCUT2D eigenvalue weighted by atomic mass is 9.93. The maximum absolute atomic E-state index is 13.7. The van der Waals surface area contributed by atoms with Gasteiger partial charge >= 0.3 is 32.7 Å². The predicted octanol–water partition coefficient (Wildman–Crippen LogP) is 5.20. The molecular formula is C35H33F6N3O10S3. The van der Waals surface area contributed by atoms with E-state index in [0.717, 1.165) is 6.07 Å². The van der Waals surface area contributed by atoms with E-state index in [2.05, 4.69) is 14.2 Å². The van der Waals surface area contributed by atoms with E-state index in [-0.39, 0.29) is 18.5 Å². The fraction of sp³-hybridized carbons (Fsp3) is 0.286. The van der Waals surface area contributed by atoms with Gasteiger partial charge in [0.05, 0.1) is 11.4 Å². The average molecular weight is 866 g/mol. The number of anilines is 1. The second-order valence-corrected chi connectivity index (χ2v) is 17.4. The standard InChI is InChI=1S/C35H33F6N3O10S3/c36-34(37,38)22-52-27-14-16-30(53-23-35(39,40)41)32(19-27)56(48,49)42-17-7-8-24-13-15-29(44-20-33(45)43-57(44,50)51)31(18-24)54-55(46,47)21-28(25-9-3-1-4-10-25)26-11-5-2-6-12-26/h1-6,9-16,18-19,28,42H,7-8,17,20-23H2,(H,43,45). The van der Waals surface area contributed by atoms with E-state index < -0.39 is 109 Å². The number of nitrogens with zero attached hydrogens (tertiary/aromatic N) is 1. The number of amides is 1. The lowest BCUT2D eigenvalue weighted by Gasteiger charge is -2.22. The molecule has 2 N–H and O–H groups in total. The molecule has 1 saturated heterocycles. The Morgan fingerprint density at radius 2 is 1.37 bits per heavy atom. The minimum atomic E-state index is -4.88. The van der Waals surface area contributed by atoms with Gasteiger partial charge in [0.2, 0.25) is 10.0 Å². The topological polar surface area (TPSA) is 174 Å². The van der Waals surface area contributed by atoms with Gasteiger partial charge in [0.25, 0.3) is 5.91 Å². The number of halogens is 6. The SMILES string of the molecule is O=C1CN(c2ccc(CCCNS(=O)(=O)c3cc(OCC(F)(F)F)ccc3OCC(F)(F)F)cc2OS(=O)(=O)CC(c2ccccc2)c2ccccc2)S(=O)(=O)N1. The summed E-state index contributed by atoms with van der Waals surface area (Å²) in [6, 6.07) is 23.2. The molecule has 1 fully saturated rings. The number of hydrogen-bond acceptors (Lipinski definition) is 10. The molecule has 1 amide bonds. The predicted molar refractivity (Wildman–Crippen MR) is 193 cm³/mol. The van der Waals surface area contributed by atoms with Crippen molar-refractivity contribution in [3.05, 3.63) is 114 Å². The lowest BCUT2D eigenvalue weighted by Crippen LogP contribution is -2.30. The van der Waals surface area contributed by atoms with Gasteiger partial charge in [-0.2, -0.15) is 43.2 Å². The minimum Gasteiger partial charge on any atom is -0.484 e. The third-order valence-electron chi connectivity index (χ3n) is 8.04. The van der Waals surface area contributed by atoms with E-state index in [1.165, 1.54) is 18.2 Å². The molecule has 4 aromatic rings. The largest absolute Gasteiger partial charge is 0.484 e. The van der Waals surface area contributed by atoms with E-state index in [1.807, 2.05) is 0 Å². The molecule has 0 atom stereocenters. The summed E-state index contributed by atoms with van der Waals surface area (Å²) < 4.78 is 175. The molecule has 1 aliphatic rings. The summed E-state index contributed by atoms with van der Waals surface area (Å²) in [7, 11) is -13.7. The highest BCUT2D eigenvalue weighted by Gasteiger charge is 2.37. The van der Waals surface area contributed by atoms with Crippen LogP contribution in [0.1, 0.15) is 29.0 Å². The van der Waals surface area contributed by atoms with Crippen LogP contribution in [-0.2, 0) is 41.6 Å². The smallest absolute Gasteiger partial charge is 0.422 e. The molecule has 5 rings (SSSR count). The Morgan fingerprint density at radius 1 is 0.772 bits per heavy atom. The van der Waals surface area contributed by atoms with Crippen molar-refractivity contribution in [1.82, 2.24) is 9.44 Å². The Kier molecular flexibility index (Phi) is 13.0. The Morgan fingerprint density at radius 3 is 1.93 bits per heavy atom. The number of nitrogens with one attached hydrogen (secondary N) is 2. The number of ether oxygens (including phenoxy) is 2. The fourth-order valence-corrected chi connectivity index (χ4v) is 9.25. The van der Waals surface area contributed by atoms with Crippen LogP contribution in [0.25, 0.3) is 0 Å². The highest BCUT2D eigenvalue weighted by molar-refractivity contribution is 7.92. The van der Waals surface area contributed by atoms with Gasteiger partial charge in [-0.1, -0.05) is 66.7 Å². The van der Waals surface area contributed by atoms with Gasteiger partial charge in [-0.05, 0) is 53.8 Å². The molecular weight excluding hydrogens is 833 g/mol. The molecule has 308 valence electrons. The zero-order valence-electron chi connectivity index (χ0n) is 29.3. The molecule has 0 spiro atoms. The molecule has 57 heavy (non-hydrogen) atoms. The second-order valence-electron chi connectivity index (χ2n) is 12.4. The van der Waals surface area contributed by atoms with Crippen LogP contribution in [0.3, 0.4) is 0 Å². The molecule has 0 saturated carbocycles. The second kappa shape index (κ2) is 17.2. The van der Waals surface area contributed by atoms with Crippen LogP contribution in [0.15, 0.2) is 102 Å². The molecule has 4 aromatic carbocycles. The molecule has 0 radical (unpaired) electrons. The first-order valence-corrected chi connectivity index (χ1v) is 21.1. The van der Waals surface area contributed by atoms with Crippen LogP contribution in [0, 0.1) is 0 Å². The van der Waals surface area contributed by atoms with Crippen molar-refractivity contribution in [1.29, 1.82) is 0 Å². The van der Waals surface area contributed by atoms with E-state index in [0.29, 0.717) is 33.1 Å². The molecule has 0 aromatic heterocycles. The van der Waals surface area contributed by atoms with Gasteiger partial charge in [-0.3, -0.25) is 4.79 Å². The summed E-state index contributed by atoms with van der Waals surface area (Å²) in [6.45, 7) is -4.81. The van der Waals surface area contributed by atoms with Gasteiger partial charge in [0, 0.05) is 18.5 Å². The zero-order valence-corrected chi connectivity index (χ0v) is 31.7. The molecule has 1 heterocycles. The first kappa shape index (κ1) is 43.1. The summed E-state index contributed by atoms with van der Waals surface area (Å²) in [4.78, 5) is 11.1. The first-order chi connectivity index (χ1) is 26.6. The summed E-state index contributed by atoms with van der Waals surface area (Å²) in [5, 5.41) is 0. The third kappa shape index (κ3) is 12.2. The summed E-state index contributed by atoms with van der Waals surface area (Å²) in [5.74, 6) is -4.09. The van der Waals surface area contributed by atoms with Crippen molar-refractivity contribution in [2.45, 2.75) is 36.0 Å². The highest BCUT2D eigenvalue weighted by Crippen LogP contribution is 2.36. The zero-order chi connectivity index (χ0) is 41.6. The van der Waals surface area contributed by atoms with Gasteiger partial charge < -0.3 is 13.7 Å². The van der Waals surface area contributed by atoms with Crippen molar-refractivity contribution in [2.75, 3.05) is 36.4 Å². The normalized spacial score (nSPS) is 14.7. The quantitative estimate of drug-likeness (QED) is 0.0816. The first-order valence-electron chi connectivity index (χ1n) is 16.6. The van der Waals surface area contributed by atoms with Crippen LogP contribution >= 0.6 is 0 Å². The van der Waals surface area contributed by atoms with Crippen molar-refractivity contribution in [3.8, 4) is 17.2 Å². The Bertz CT molecular complexity index is 2350. The van der Waals surface area contributed by atoms with E-state index in [1.54, 1.807) is 65.4 Å². The monoisotopic (exact) mass is 865 g/mol. The Hall–Kier alpha value is -5.06. The number of sulfonamides is 1. The molecule has 0 bridgehead atoms. The Labute approximate surface area is 323 Å². The number of hydrogen-bond donors (Lipinski definition) is 2. The van der Waals surface area contributed by atoms with Gasteiger partial charge in [-0.15, -0.1) is 0 Å². The summed E-state index contributed by atoms with van der Waals surface area (Å²) in [6.07, 6.45) is -9.76. The molecule has 13 nitrogen and oxygen atoms in total. The van der Waals surface area contributed by atoms with Crippen molar-refractivity contribution >= 4 is 41.9 Å². The van der Waals surface area contributed by atoms with E-state index in [9.17, 15) is 56.4 Å². The van der Waals surface area contributed by atoms with E-state index in [4.69, 9.17) is 4.18 Å². The summed E-state index contributed by atoms with van der Waals surface area (Å²) >= 11 is 0. The molecule has 0 aliphatic carbocycles. The molecule has 0 unspecified atom stereocenters. The van der Waals surface area contributed by atoms with Crippen molar-refractivity contribution in [3.63, 3.8) is 0 Å². The number of aryl methyl sites for hydroxylation is 1. The van der Waals surface area contributed by atoms with Crippen LogP contribution in [0.2, 0.25) is 0 Å². The molecule has 22 heteroatoms. The number of carbonyl (C=O) groups is 1. The van der Waals surface area contributed by atoms with Crippen LogP contribution < -0.4 is 27.4 Å². The summed E-state index contributed by atoms with van der Waals surface area (Å²) in [5.41, 5.74) is 1.29. The number of alkyl halides is 6. The third-order valence-corrected chi connectivity index (χ3v) is 12.1. The number of benzene rings is 4. The number of rotatable bonds is 17.